The van der Waals surface area contributed by atoms with Gasteiger partial charge in [-0.25, -0.2) is 0 Å². The van der Waals surface area contributed by atoms with Gasteiger partial charge in [-0.1, -0.05) is 49.4 Å². The van der Waals surface area contributed by atoms with E-state index in [1.807, 2.05) is 6.07 Å². The topological polar surface area (TPSA) is 12.0 Å². The van der Waals surface area contributed by atoms with Crippen LogP contribution in [-0.2, 0) is 6.54 Å². The lowest BCUT2D eigenvalue weighted by Gasteiger charge is -2.16. The summed E-state index contributed by atoms with van der Waals surface area (Å²) in [4.78, 5) is 0. The summed E-state index contributed by atoms with van der Waals surface area (Å²) < 4.78 is 0. The van der Waals surface area contributed by atoms with Gasteiger partial charge in [-0.05, 0) is 37.0 Å². The maximum Gasteiger partial charge on any atom is 0.0435 e. The number of benzene rings is 1. The Morgan fingerprint density at radius 1 is 1.18 bits per heavy atom. The van der Waals surface area contributed by atoms with Gasteiger partial charge in [-0.15, -0.1) is 0 Å². The van der Waals surface area contributed by atoms with Gasteiger partial charge >= 0.3 is 0 Å². The second-order valence-corrected chi connectivity index (χ2v) is 5.56. The van der Waals surface area contributed by atoms with E-state index in [4.69, 9.17) is 11.6 Å². The van der Waals surface area contributed by atoms with Gasteiger partial charge in [0.2, 0.25) is 0 Å². The second-order valence-electron chi connectivity index (χ2n) is 5.15. The van der Waals surface area contributed by atoms with Crippen molar-refractivity contribution in [3.8, 4) is 0 Å². The molecule has 0 atom stereocenters. The lowest BCUT2D eigenvalue weighted by molar-refractivity contribution is 0.459. The van der Waals surface area contributed by atoms with Crippen molar-refractivity contribution in [3.05, 3.63) is 34.3 Å². The Hall–Kier alpha value is -0.530. The molecule has 1 saturated carbocycles. The van der Waals surface area contributed by atoms with Gasteiger partial charge < -0.3 is 5.32 Å². The van der Waals surface area contributed by atoms with E-state index in [1.165, 1.54) is 49.7 Å². The fourth-order valence-electron chi connectivity index (χ4n) is 2.56. The normalized spacial score (nSPS) is 18.0. The molecule has 1 aromatic carbocycles. The van der Waals surface area contributed by atoms with E-state index < -0.39 is 0 Å². The van der Waals surface area contributed by atoms with E-state index >= 15 is 0 Å². The Bertz CT molecular complexity index is 354. The van der Waals surface area contributed by atoms with Crippen LogP contribution in [0.15, 0.2) is 18.2 Å². The lowest BCUT2D eigenvalue weighted by Crippen LogP contribution is -2.27. The number of nitrogens with one attached hydrogen (secondary N) is 1. The molecule has 17 heavy (non-hydrogen) atoms. The van der Waals surface area contributed by atoms with Crippen LogP contribution in [0, 0.1) is 6.92 Å². The SMILES string of the molecule is Cc1cc(CNC2CCCCCC2)ccc1Cl. The summed E-state index contributed by atoms with van der Waals surface area (Å²) in [6.07, 6.45) is 8.28. The zero-order chi connectivity index (χ0) is 12.1. The van der Waals surface area contributed by atoms with Gasteiger partial charge in [0.05, 0.1) is 0 Å². The third-order valence-electron chi connectivity index (χ3n) is 3.67. The van der Waals surface area contributed by atoms with Crippen LogP contribution in [-0.4, -0.2) is 6.04 Å². The Morgan fingerprint density at radius 3 is 2.53 bits per heavy atom. The zero-order valence-corrected chi connectivity index (χ0v) is 11.4. The first-order chi connectivity index (χ1) is 8.25. The molecule has 0 heterocycles. The molecule has 0 bridgehead atoms. The van der Waals surface area contributed by atoms with E-state index in [2.05, 4.69) is 24.4 Å². The Labute approximate surface area is 110 Å². The summed E-state index contributed by atoms with van der Waals surface area (Å²) >= 11 is 6.03. The fourth-order valence-corrected chi connectivity index (χ4v) is 2.68. The maximum absolute atomic E-state index is 6.03. The first-order valence-electron chi connectivity index (χ1n) is 6.74. The third kappa shape index (κ3) is 4.01. The van der Waals surface area contributed by atoms with Gasteiger partial charge in [0.1, 0.15) is 0 Å². The van der Waals surface area contributed by atoms with Crippen LogP contribution in [0.1, 0.15) is 49.7 Å². The lowest BCUT2D eigenvalue weighted by atomic mass is 10.1. The maximum atomic E-state index is 6.03. The standard InChI is InChI=1S/C15H22ClN/c1-12-10-13(8-9-15(12)16)11-17-14-6-4-2-3-5-7-14/h8-10,14,17H,2-7,11H2,1H3. The molecule has 1 aliphatic carbocycles. The molecule has 1 N–H and O–H groups in total. The van der Waals surface area contributed by atoms with Crippen LogP contribution in [0.2, 0.25) is 5.02 Å². The minimum absolute atomic E-state index is 0.716. The highest BCUT2D eigenvalue weighted by Gasteiger charge is 2.11. The molecular weight excluding hydrogens is 230 g/mol. The number of hydrogen-bond acceptors (Lipinski definition) is 1. The molecule has 0 spiro atoms. The Morgan fingerprint density at radius 2 is 1.88 bits per heavy atom. The zero-order valence-electron chi connectivity index (χ0n) is 10.6. The molecule has 0 saturated heterocycles. The van der Waals surface area contributed by atoms with Crippen LogP contribution in [0.5, 0.6) is 0 Å². The molecule has 0 aliphatic heterocycles. The molecular formula is C15H22ClN. The summed E-state index contributed by atoms with van der Waals surface area (Å²) in [6.45, 7) is 3.04. The molecule has 94 valence electrons. The monoisotopic (exact) mass is 251 g/mol. The summed E-state index contributed by atoms with van der Waals surface area (Å²) in [5.41, 5.74) is 2.52. The first-order valence-corrected chi connectivity index (χ1v) is 7.12. The van der Waals surface area contributed by atoms with Crippen molar-refractivity contribution in [2.24, 2.45) is 0 Å². The summed E-state index contributed by atoms with van der Waals surface area (Å²) in [7, 11) is 0. The average molecular weight is 252 g/mol. The largest absolute Gasteiger partial charge is 0.310 e. The summed E-state index contributed by atoms with van der Waals surface area (Å²) in [6, 6.07) is 7.03. The van der Waals surface area contributed by atoms with Crippen molar-refractivity contribution in [1.82, 2.24) is 5.32 Å². The van der Waals surface area contributed by atoms with Crippen molar-refractivity contribution < 1.29 is 0 Å². The minimum atomic E-state index is 0.716. The van der Waals surface area contributed by atoms with Gasteiger partial charge in [-0.2, -0.15) is 0 Å². The Balaban J connectivity index is 1.85. The van der Waals surface area contributed by atoms with E-state index in [1.54, 1.807) is 0 Å². The average Bonchev–Trinajstić information content (AvgIpc) is 2.59. The number of aryl methyl sites for hydroxylation is 1. The molecule has 2 rings (SSSR count). The molecule has 1 nitrogen and oxygen atoms in total. The van der Waals surface area contributed by atoms with E-state index in [9.17, 15) is 0 Å². The highest BCUT2D eigenvalue weighted by Crippen LogP contribution is 2.19. The first kappa shape index (κ1) is 12.9. The van der Waals surface area contributed by atoms with Crippen LogP contribution in [0.3, 0.4) is 0 Å². The quantitative estimate of drug-likeness (QED) is 0.782. The molecule has 2 heteroatoms. The number of hydrogen-bond donors (Lipinski definition) is 1. The van der Waals surface area contributed by atoms with Crippen molar-refractivity contribution in [2.45, 2.75) is 58.0 Å². The third-order valence-corrected chi connectivity index (χ3v) is 4.10. The van der Waals surface area contributed by atoms with Gasteiger partial charge in [0.15, 0.2) is 0 Å². The van der Waals surface area contributed by atoms with Gasteiger partial charge in [0, 0.05) is 17.6 Å². The van der Waals surface area contributed by atoms with Crippen molar-refractivity contribution in [3.63, 3.8) is 0 Å². The summed E-state index contributed by atoms with van der Waals surface area (Å²) in [5, 5.41) is 4.55. The molecule has 0 unspecified atom stereocenters. The van der Waals surface area contributed by atoms with Crippen LogP contribution >= 0.6 is 11.6 Å². The molecule has 1 aromatic rings. The van der Waals surface area contributed by atoms with E-state index in [0.29, 0.717) is 6.04 Å². The van der Waals surface area contributed by atoms with Gasteiger partial charge in [-0.3, -0.25) is 0 Å². The number of halogens is 1. The summed E-state index contributed by atoms with van der Waals surface area (Å²) in [5.74, 6) is 0. The van der Waals surface area contributed by atoms with Crippen molar-refractivity contribution >= 4 is 11.6 Å². The van der Waals surface area contributed by atoms with Crippen LogP contribution in [0.25, 0.3) is 0 Å². The van der Waals surface area contributed by atoms with E-state index in [-0.39, 0.29) is 0 Å². The fraction of sp³-hybridized carbons (Fsp3) is 0.600. The predicted octanol–water partition coefficient (Wildman–Crippen LogP) is 4.46. The van der Waals surface area contributed by atoms with Crippen LogP contribution < -0.4 is 5.32 Å². The smallest absolute Gasteiger partial charge is 0.0435 e. The number of rotatable bonds is 3. The predicted molar refractivity (Wildman–Crippen MR) is 74.5 cm³/mol. The molecule has 1 fully saturated rings. The van der Waals surface area contributed by atoms with E-state index in [0.717, 1.165) is 11.6 Å². The van der Waals surface area contributed by atoms with Crippen molar-refractivity contribution in [2.75, 3.05) is 0 Å². The molecule has 1 aliphatic rings. The Kier molecular flexibility index (Phi) is 4.87. The highest BCUT2D eigenvalue weighted by molar-refractivity contribution is 6.31. The molecule has 0 aromatic heterocycles. The van der Waals surface area contributed by atoms with Crippen molar-refractivity contribution in [1.29, 1.82) is 0 Å². The highest BCUT2D eigenvalue weighted by atomic mass is 35.5. The second kappa shape index (κ2) is 6.42. The molecule has 0 radical (unpaired) electrons. The minimum Gasteiger partial charge on any atom is -0.310 e. The van der Waals surface area contributed by atoms with Gasteiger partial charge in [0.25, 0.3) is 0 Å². The molecule has 0 amide bonds. The van der Waals surface area contributed by atoms with Crippen LogP contribution in [0.4, 0.5) is 0 Å².